The van der Waals surface area contributed by atoms with Gasteiger partial charge in [-0.2, -0.15) is 0 Å². The first kappa shape index (κ1) is 13.1. The Balaban J connectivity index is 1.84. The van der Waals surface area contributed by atoms with Gasteiger partial charge in [-0.15, -0.1) is 0 Å². The zero-order valence-corrected chi connectivity index (χ0v) is 11.2. The predicted octanol–water partition coefficient (Wildman–Crippen LogP) is 2.04. The van der Waals surface area contributed by atoms with Crippen molar-refractivity contribution in [3.05, 3.63) is 35.4 Å². The van der Waals surface area contributed by atoms with Gasteiger partial charge in [-0.25, -0.2) is 0 Å². The molecule has 1 unspecified atom stereocenters. The Morgan fingerprint density at radius 3 is 2.56 bits per heavy atom. The highest BCUT2D eigenvalue weighted by molar-refractivity contribution is 5.79. The summed E-state index contributed by atoms with van der Waals surface area (Å²) in [6, 6.07) is 8.56. The maximum Gasteiger partial charge on any atom is 0.225 e. The number of carbonyl (C=O) groups excluding carboxylic acids is 1. The Labute approximate surface area is 109 Å². The molecule has 1 aliphatic rings. The molecule has 0 spiro atoms. The minimum absolute atomic E-state index is 0.166. The standard InChI is InChI=1S/C15H22N2O/c1-3-11(2)13-6-4-12(5-7-13)8-17-15(18)14-9-16-10-14/h4-7,11,14,16H,3,8-10H2,1-2H3,(H,17,18). The molecule has 1 atom stereocenters. The van der Waals surface area contributed by atoms with Gasteiger partial charge in [-0.3, -0.25) is 4.79 Å². The summed E-state index contributed by atoms with van der Waals surface area (Å²) in [5, 5.41) is 6.09. The van der Waals surface area contributed by atoms with Gasteiger partial charge in [0.15, 0.2) is 0 Å². The summed E-state index contributed by atoms with van der Waals surface area (Å²) in [5.74, 6) is 0.943. The van der Waals surface area contributed by atoms with E-state index in [9.17, 15) is 4.79 Å². The van der Waals surface area contributed by atoms with Crippen molar-refractivity contribution in [1.29, 1.82) is 0 Å². The third-order valence-electron chi connectivity index (χ3n) is 3.78. The van der Waals surface area contributed by atoms with E-state index < -0.39 is 0 Å². The van der Waals surface area contributed by atoms with Crippen LogP contribution in [-0.2, 0) is 11.3 Å². The summed E-state index contributed by atoms with van der Waals surface area (Å²) in [6.45, 7) is 6.71. The van der Waals surface area contributed by atoms with E-state index in [1.165, 1.54) is 11.1 Å². The zero-order chi connectivity index (χ0) is 13.0. The molecule has 0 bridgehead atoms. The fourth-order valence-corrected chi connectivity index (χ4v) is 2.01. The normalized spacial score (nSPS) is 17.0. The van der Waals surface area contributed by atoms with Crippen LogP contribution in [0.15, 0.2) is 24.3 Å². The van der Waals surface area contributed by atoms with Crippen molar-refractivity contribution in [1.82, 2.24) is 10.6 Å². The number of rotatable bonds is 5. The van der Waals surface area contributed by atoms with Gasteiger partial charge < -0.3 is 10.6 Å². The Bertz CT molecular complexity index is 395. The van der Waals surface area contributed by atoms with Crippen molar-refractivity contribution in [2.24, 2.45) is 5.92 Å². The molecule has 1 saturated heterocycles. The Morgan fingerprint density at radius 1 is 1.39 bits per heavy atom. The van der Waals surface area contributed by atoms with E-state index in [1.807, 2.05) is 0 Å². The average Bonchev–Trinajstić information content (AvgIpc) is 2.34. The Hall–Kier alpha value is -1.35. The third kappa shape index (κ3) is 3.10. The molecule has 1 heterocycles. The number of nitrogens with one attached hydrogen (secondary N) is 2. The smallest absolute Gasteiger partial charge is 0.225 e. The summed E-state index contributed by atoms with van der Waals surface area (Å²) in [6.07, 6.45) is 1.16. The molecule has 1 fully saturated rings. The summed E-state index contributed by atoms with van der Waals surface area (Å²) in [5.41, 5.74) is 2.54. The van der Waals surface area contributed by atoms with E-state index in [0.717, 1.165) is 19.5 Å². The number of carbonyl (C=O) groups is 1. The van der Waals surface area contributed by atoms with Crippen molar-refractivity contribution < 1.29 is 4.79 Å². The number of amides is 1. The van der Waals surface area contributed by atoms with Gasteiger partial charge in [0, 0.05) is 19.6 Å². The molecule has 1 aromatic carbocycles. The lowest BCUT2D eigenvalue weighted by atomic mass is 9.97. The SMILES string of the molecule is CCC(C)c1ccc(CNC(=O)C2CNC2)cc1. The molecule has 98 valence electrons. The van der Waals surface area contributed by atoms with Crippen molar-refractivity contribution in [2.75, 3.05) is 13.1 Å². The first-order valence-electron chi connectivity index (χ1n) is 6.78. The fourth-order valence-electron chi connectivity index (χ4n) is 2.01. The van der Waals surface area contributed by atoms with Gasteiger partial charge in [-0.1, -0.05) is 38.1 Å². The molecule has 0 aromatic heterocycles. The Morgan fingerprint density at radius 2 is 2.06 bits per heavy atom. The van der Waals surface area contributed by atoms with Gasteiger partial charge in [-0.05, 0) is 23.5 Å². The van der Waals surface area contributed by atoms with Gasteiger partial charge in [0.25, 0.3) is 0 Å². The van der Waals surface area contributed by atoms with E-state index >= 15 is 0 Å². The quantitative estimate of drug-likeness (QED) is 0.834. The largest absolute Gasteiger partial charge is 0.352 e. The van der Waals surface area contributed by atoms with E-state index in [4.69, 9.17) is 0 Å². The molecular formula is C15H22N2O. The third-order valence-corrected chi connectivity index (χ3v) is 3.78. The molecule has 1 amide bonds. The molecule has 0 aliphatic carbocycles. The minimum Gasteiger partial charge on any atom is -0.352 e. The highest BCUT2D eigenvalue weighted by Gasteiger charge is 2.24. The summed E-state index contributed by atoms with van der Waals surface area (Å²) >= 11 is 0. The van der Waals surface area contributed by atoms with E-state index in [-0.39, 0.29) is 11.8 Å². The molecule has 2 N–H and O–H groups in total. The van der Waals surface area contributed by atoms with E-state index in [2.05, 4.69) is 48.7 Å². The monoisotopic (exact) mass is 246 g/mol. The predicted molar refractivity (Wildman–Crippen MR) is 73.4 cm³/mol. The van der Waals surface area contributed by atoms with Crippen LogP contribution < -0.4 is 10.6 Å². The molecule has 1 aliphatic heterocycles. The van der Waals surface area contributed by atoms with E-state index in [0.29, 0.717) is 12.5 Å². The number of benzene rings is 1. The van der Waals surface area contributed by atoms with Crippen LogP contribution in [0, 0.1) is 5.92 Å². The molecule has 0 radical (unpaired) electrons. The average molecular weight is 246 g/mol. The summed E-state index contributed by atoms with van der Waals surface area (Å²) < 4.78 is 0. The molecule has 18 heavy (non-hydrogen) atoms. The highest BCUT2D eigenvalue weighted by atomic mass is 16.2. The van der Waals surface area contributed by atoms with Crippen LogP contribution in [0.5, 0.6) is 0 Å². The first-order valence-corrected chi connectivity index (χ1v) is 6.78. The van der Waals surface area contributed by atoms with E-state index in [1.54, 1.807) is 0 Å². The second kappa shape index (κ2) is 6.01. The van der Waals surface area contributed by atoms with Crippen LogP contribution >= 0.6 is 0 Å². The van der Waals surface area contributed by atoms with Gasteiger partial charge >= 0.3 is 0 Å². The molecular weight excluding hydrogens is 224 g/mol. The van der Waals surface area contributed by atoms with Crippen LogP contribution in [0.4, 0.5) is 0 Å². The van der Waals surface area contributed by atoms with Crippen LogP contribution in [0.3, 0.4) is 0 Å². The van der Waals surface area contributed by atoms with Crippen LogP contribution in [0.25, 0.3) is 0 Å². The van der Waals surface area contributed by atoms with Crippen LogP contribution in [0.1, 0.15) is 37.3 Å². The maximum atomic E-state index is 11.7. The molecule has 3 nitrogen and oxygen atoms in total. The zero-order valence-electron chi connectivity index (χ0n) is 11.2. The van der Waals surface area contributed by atoms with Gasteiger partial charge in [0.2, 0.25) is 5.91 Å². The molecule has 3 heteroatoms. The Kier molecular flexibility index (Phi) is 4.37. The van der Waals surface area contributed by atoms with Gasteiger partial charge in [0.05, 0.1) is 5.92 Å². The van der Waals surface area contributed by atoms with Crippen molar-refractivity contribution in [2.45, 2.75) is 32.7 Å². The lowest BCUT2D eigenvalue weighted by Crippen LogP contribution is -2.50. The van der Waals surface area contributed by atoms with Crippen molar-refractivity contribution in [3.63, 3.8) is 0 Å². The summed E-state index contributed by atoms with van der Waals surface area (Å²) in [7, 11) is 0. The molecule has 2 rings (SSSR count). The van der Waals surface area contributed by atoms with Crippen molar-refractivity contribution in [3.8, 4) is 0 Å². The van der Waals surface area contributed by atoms with Gasteiger partial charge in [0.1, 0.15) is 0 Å². The first-order chi connectivity index (χ1) is 8.70. The fraction of sp³-hybridized carbons (Fsp3) is 0.533. The lowest BCUT2D eigenvalue weighted by Gasteiger charge is -2.25. The number of hydrogen-bond acceptors (Lipinski definition) is 2. The minimum atomic E-state index is 0.166. The van der Waals surface area contributed by atoms with Crippen molar-refractivity contribution >= 4 is 5.91 Å². The second-order valence-corrected chi connectivity index (χ2v) is 5.12. The lowest BCUT2D eigenvalue weighted by molar-refractivity contribution is -0.126. The summed E-state index contributed by atoms with van der Waals surface area (Å²) in [4.78, 5) is 11.7. The highest BCUT2D eigenvalue weighted by Crippen LogP contribution is 2.18. The topological polar surface area (TPSA) is 41.1 Å². The number of hydrogen-bond donors (Lipinski definition) is 2. The van der Waals surface area contributed by atoms with Crippen LogP contribution in [0.2, 0.25) is 0 Å². The second-order valence-electron chi connectivity index (χ2n) is 5.12. The molecule has 1 aromatic rings. The maximum absolute atomic E-state index is 11.7. The van der Waals surface area contributed by atoms with Crippen LogP contribution in [-0.4, -0.2) is 19.0 Å². The molecule has 0 saturated carbocycles.